The third-order valence-corrected chi connectivity index (χ3v) is 6.55. The van der Waals surface area contributed by atoms with Gasteiger partial charge in [-0.15, -0.1) is 0 Å². The first-order valence-electron chi connectivity index (χ1n) is 10.1. The second-order valence-electron chi connectivity index (χ2n) is 8.45. The minimum Gasteiger partial charge on any atom is -0.325 e. The van der Waals surface area contributed by atoms with Gasteiger partial charge in [0, 0.05) is 26.2 Å². The number of hydrogen-bond acceptors (Lipinski definition) is 1. The summed E-state index contributed by atoms with van der Waals surface area (Å²) in [7, 11) is 0. The largest absolute Gasteiger partial charge is 0.391 e. The Morgan fingerprint density at radius 3 is 2.30 bits per heavy atom. The summed E-state index contributed by atoms with van der Waals surface area (Å²) in [5, 5.41) is 0. The molecule has 4 rings (SSSR count). The predicted molar refractivity (Wildman–Crippen MR) is 97.3 cm³/mol. The highest BCUT2D eigenvalue weighted by molar-refractivity contribution is 5.75. The van der Waals surface area contributed by atoms with E-state index in [0.29, 0.717) is 11.8 Å². The second kappa shape index (κ2) is 7.36. The van der Waals surface area contributed by atoms with Crippen LogP contribution < -0.4 is 0 Å². The van der Waals surface area contributed by atoms with Crippen LogP contribution >= 0.6 is 0 Å². The summed E-state index contributed by atoms with van der Waals surface area (Å²) < 4.78 is 38.2. The molecule has 2 heterocycles. The molecule has 1 aromatic carbocycles. The molecular weight excluding hydrogens is 353 g/mol. The fourth-order valence-corrected chi connectivity index (χ4v) is 4.63. The van der Waals surface area contributed by atoms with Crippen molar-refractivity contribution in [3.63, 3.8) is 0 Å². The van der Waals surface area contributed by atoms with Crippen LogP contribution in [-0.2, 0) is 0 Å². The molecule has 2 amide bonds. The smallest absolute Gasteiger partial charge is 0.325 e. The van der Waals surface area contributed by atoms with Crippen molar-refractivity contribution in [2.24, 2.45) is 17.8 Å². The highest BCUT2D eigenvalue weighted by Crippen LogP contribution is 2.50. The van der Waals surface area contributed by atoms with Crippen molar-refractivity contribution in [1.29, 1.82) is 0 Å². The first kappa shape index (κ1) is 18.6. The van der Waals surface area contributed by atoms with Gasteiger partial charge in [0.05, 0.1) is 5.92 Å². The summed E-state index contributed by atoms with van der Waals surface area (Å²) in [6, 6.07) is 10.6. The Morgan fingerprint density at radius 1 is 1.00 bits per heavy atom. The molecule has 2 atom stereocenters. The molecule has 3 aliphatic rings. The zero-order valence-corrected chi connectivity index (χ0v) is 15.5. The summed E-state index contributed by atoms with van der Waals surface area (Å²) in [4.78, 5) is 15.8. The van der Waals surface area contributed by atoms with Crippen LogP contribution in [0.4, 0.5) is 18.0 Å². The van der Waals surface area contributed by atoms with E-state index in [2.05, 4.69) is 24.3 Å². The monoisotopic (exact) mass is 380 g/mol. The first-order valence-corrected chi connectivity index (χ1v) is 10.1. The van der Waals surface area contributed by atoms with Crippen molar-refractivity contribution in [2.45, 2.75) is 44.2 Å². The third kappa shape index (κ3) is 4.25. The zero-order valence-electron chi connectivity index (χ0n) is 15.5. The van der Waals surface area contributed by atoms with Gasteiger partial charge in [0.25, 0.3) is 0 Å². The number of urea groups is 1. The van der Waals surface area contributed by atoms with E-state index < -0.39 is 12.1 Å². The summed E-state index contributed by atoms with van der Waals surface area (Å²) in [5.41, 5.74) is 1.44. The molecule has 0 spiro atoms. The Morgan fingerprint density at radius 2 is 1.67 bits per heavy atom. The minimum atomic E-state index is -4.13. The maximum absolute atomic E-state index is 12.7. The normalized spacial score (nSPS) is 26.8. The SMILES string of the molecule is O=C(N1CCC(C(F)(F)F)CC1)N1CC(CCC2CC2c2ccccc2)C1. The van der Waals surface area contributed by atoms with Gasteiger partial charge in [-0.3, -0.25) is 0 Å². The average Bonchev–Trinajstić information content (AvgIpc) is 3.40. The van der Waals surface area contributed by atoms with Crippen molar-refractivity contribution < 1.29 is 18.0 Å². The number of benzene rings is 1. The number of piperidine rings is 1. The lowest BCUT2D eigenvalue weighted by Crippen LogP contribution is -2.56. The van der Waals surface area contributed by atoms with Crippen LogP contribution in [0.3, 0.4) is 0 Å². The quantitative estimate of drug-likeness (QED) is 0.729. The molecule has 1 saturated carbocycles. The highest BCUT2D eigenvalue weighted by atomic mass is 19.4. The van der Waals surface area contributed by atoms with E-state index >= 15 is 0 Å². The van der Waals surface area contributed by atoms with Crippen molar-refractivity contribution in [1.82, 2.24) is 9.80 Å². The van der Waals surface area contributed by atoms with E-state index in [-0.39, 0.29) is 32.0 Å². The number of likely N-dealkylation sites (tertiary alicyclic amines) is 2. The van der Waals surface area contributed by atoms with Gasteiger partial charge in [-0.05, 0) is 55.4 Å². The van der Waals surface area contributed by atoms with E-state index in [1.165, 1.54) is 18.4 Å². The molecule has 0 aromatic heterocycles. The number of carbonyl (C=O) groups is 1. The predicted octanol–water partition coefficient (Wildman–Crippen LogP) is 4.90. The lowest BCUT2D eigenvalue weighted by molar-refractivity contribution is -0.183. The average molecular weight is 380 g/mol. The Labute approximate surface area is 158 Å². The van der Waals surface area contributed by atoms with Crippen molar-refractivity contribution in [3.8, 4) is 0 Å². The van der Waals surface area contributed by atoms with Crippen LogP contribution in [0.15, 0.2) is 30.3 Å². The summed E-state index contributed by atoms with van der Waals surface area (Å²) >= 11 is 0. The number of nitrogens with zero attached hydrogens (tertiary/aromatic N) is 2. The topological polar surface area (TPSA) is 23.6 Å². The Kier molecular flexibility index (Phi) is 5.08. The molecule has 27 heavy (non-hydrogen) atoms. The molecule has 1 aliphatic carbocycles. The van der Waals surface area contributed by atoms with E-state index in [9.17, 15) is 18.0 Å². The van der Waals surface area contributed by atoms with Crippen molar-refractivity contribution >= 4 is 6.03 Å². The molecule has 2 unspecified atom stereocenters. The van der Waals surface area contributed by atoms with Gasteiger partial charge in [0.1, 0.15) is 0 Å². The fraction of sp³-hybridized carbons (Fsp3) is 0.667. The molecule has 0 N–H and O–H groups in total. The number of carbonyl (C=O) groups excluding carboxylic acids is 1. The fourth-order valence-electron chi connectivity index (χ4n) is 4.63. The molecule has 3 nitrogen and oxygen atoms in total. The highest BCUT2D eigenvalue weighted by Gasteiger charge is 2.43. The summed E-state index contributed by atoms with van der Waals surface area (Å²) in [5.74, 6) is 0.790. The van der Waals surface area contributed by atoms with Gasteiger partial charge < -0.3 is 9.80 Å². The summed E-state index contributed by atoms with van der Waals surface area (Å²) in [6.07, 6.45) is -0.424. The van der Waals surface area contributed by atoms with Crippen LogP contribution in [0.5, 0.6) is 0 Å². The number of amides is 2. The van der Waals surface area contributed by atoms with Crippen molar-refractivity contribution in [3.05, 3.63) is 35.9 Å². The van der Waals surface area contributed by atoms with Gasteiger partial charge in [0.15, 0.2) is 0 Å². The molecule has 0 radical (unpaired) electrons. The van der Waals surface area contributed by atoms with E-state index in [4.69, 9.17) is 0 Å². The number of rotatable bonds is 4. The molecule has 6 heteroatoms. The van der Waals surface area contributed by atoms with Crippen LogP contribution in [0.1, 0.15) is 43.6 Å². The van der Waals surface area contributed by atoms with E-state index in [0.717, 1.165) is 25.4 Å². The second-order valence-corrected chi connectivity index (χ2v) is 8.45. The summed E-state index contributed by atoms with van der Waals surface area (Å²) in [6.45, 7) is 1.98. The molecule has 148 valence electrons. The van der Waals surface area contributed by atoms with Crippen LogP contribution in [0.25, 0.3) is 0 Å². The van der Waals surface area contributed by atoms with Gasteiger partial charge in [0.2, 0.25) is 0 Å². The molecule has 3 fully saturated rings. The maximum atomic E-state index is 12.7. The van der Waals surface area contributed by atoms with Gasteiger partial charge in [-0.1, -0.05) is 30.3 Å². The minimum absolute atomic E-state index is 0.0368. The van der Waals surface area contributed by atoms with Gasteiger partial charge in [-0.25, -0.2) is 4.79 Å². The Bertz CT molecular complexity index is 649. The van der Waals surface area contributed by atoms with Gasteiger partial charge in [-0.2, -0.15) is 13.2 Å². The molecular formula is C21H27F3N2O. The Hall–Kier alpha value is -1.72. The van der Waals surface area contributed by atoms with Gasteiger partial charge >= 0.3 is 12.2 Å². The Balaban J connectivity index is 1.14. The lowest BCUT2D eigenvalue weighted by atomic mass is 9.92. The molecule has 0 bridgehead atoms. The molecule has 1 aromatic rings. The van der Waals surface area contributed by atoms with E-state index in [1.807, 2.05) is 6.07 Å². The first-order chi connectivity index (χ1) is 12.9. The number of halogens is 3. The molecule has 2 saturated heterocycles. The third-order valence-electron chi connectivity index (χ3n) is 6.55. The number of hydrogen-bond donors (Lipinski definition) is 0. The molecule has 2 aliphatic heterocycles. The maximum Gasteiger partial charge on any atom is 0.391 e. The van der Waals surface area contributed by atoms with Crippen LogP contribution in [0, 0.1) is 17.8 Å². The number of alkyl halides is 3. The lowest BCUT2D eigenvalue weighted by Gasteiger charge is -2.43. The van der Waals surface area contributed by atoms with Crippen LogP contribution in [0.2, 0.25) is 0 Å². The van der Waals surface area contributed by atoms with Crippen molar-refractivity contribution in [2.75, 3.05) is 26.2 Å². The van der Waals surface area contributed by atoms with Crippen LogP contribution in [-0.4, -0.2) is 48.2 Å². The zero-order chi connectivity index (χ0) is 19.0. The van der Waals surface area contributed by atoms with E-state index in [1.54, 1.807) is 9.80 Å². The standard InChI is InChI=1S/C21H27F3N2O/c22-21(23,24)18-8-10-25(11-9-18)20(27)26-13-15(14-26)6-7-17-12-19(17)16-4-2-1-3-5-16/h1-5,15,17-19H,6-14H2.